The molecule has 0 aromatic carbocycles. The normalized spacial score (nSPS) is 44.1. The van der Waals surface area contributed by atoms with E-state index in [1.165, 1.54) is 43.3 Å². The second-order valence-electron chi connectivity index (χ2n) is 5.41. The van der Waals surface area contributed by atoms with Crippen molar-refractivity contribution in [3.8, 4) is 0 Å². The van der Waals surface area contributed by atoms with E-state index in [1.54, 1.807) is 0 Å². The highest BCUT2D eigenvalue weighted by Crippen LogP contribution is 2.39. The molecule has 76 valence electrons. The van der Waals surface area contributed by atoms with Crippen LogP contribution in [-0.2, 0) is 0 Å². The van der Waals surface area contributed by atoms with Gasteiger partial charge in [0.1, 0.15) is 0 Å². The van der Waals surface area contributed by atoms with Crippen molar-refractivity contribution in [2.24, 2.45) is 5.92 Å². The molecule has 0 aliphatic carbocycles. The van der Waals surface area contributed by atoms with Gasteiger partial charge in [-0.3, -0.25) is 0 Å². The maximum absolute atomic E-state index is 2.49. The molecule has 0 radical (unpaired) electrons. The Bertz CT molecular complexity index is 182. The first-order valence-corrected chi connectivity index (χ1v) is 6.03. The van der Waals surface area contributed by atoms with E-state index in [1.807, 2.05) is 0 Å². The molecule has 1 spiro atoms. The lowest BCUT2D eigenvalue weighted by molar-refractivity contribution is -0.963. The first-order chi connectivity index (χ1) is 6.17. The zero-order valence-corrected chi connectivity index (χ0v) is 9.42. The minimum atomic E-state index is 0.926. The number of quaternary nitrogens is 1. The molecule has 2 aliphatic heterocycles. The van der Waals surface area contributed by atoms with E-state index in [0.717, 1.165) is 18.0 Å². The van der Waals surface area contributed by atoms with Crippen LogP contribution in [-0.4, -0.2) is 29.7 Å². The number of hydrogen-bond donors (Lipinski definition) is 0. The lowest BCUT2D eigenvalue weighted by Gasteiger charge is -2.46. The lowest BCUT2D eigenvalue weighted by atomic mass is 10.0. The van der Waals surface area contributed by atoms with Gasteiger partial charge < -0.3 is 4.48 Å². The highest BCUT2D eigenvalue weighted by atomic mass is 15.4. The Morgan fingerprint density at radius 3 is 2.00 bits per heavy atom. The number of piperidine rings is 1. The fraction of sp³-hybridized carbons (Fsp3) is 1.00. The van der Waals surface area contributed by atoms with Crippen LogP contribution in [0.25, 0.3) is 0 Å². The van der Waals surface area contributed by atoms with Gasteiger partial charge in [-0.1, -0.05) is 6.92 Å². The molecular weight excluding hydrogens is 158 g/mol. The van der Waals surface area contributed by atoms with Crippen LogP contribution in [0.2, 0.25) is 0 Å². The summed E-state index contributed by atoms with van der Waals surface area (Å²) in [5, 5.41) is 0. The second kappa shape index (κ2) is 3.27. The SMILES string of the molecule is CC1CC(C)[N+]2(CCCCC2)C1C. The third-order valence-electron chi connectivity index (χ3n) is 4.87. The molecule has 1 heteroatoms. The average Bonchev–Trinajstić information content (AvgIpc) is 2.34. The maximum atomic E-state index is 2.49. The van der Waals surface area contributed by atoms with Gasteiger partial charge in [0.05, 0.1) is 25.2 Å². The topological polar surface area (TPSA) is 0 Å². The molecule has 0 amide bonds. The van der Waals surface area contributed by atoms with Crippen LogP contribution >= 0.6 is 0 Å². The summed E-state index contributed by atoms with van der Waals surface area (Å²) in [5.41, 5.74) is 0. The van der Waals surface area contributed by atoms with Gasteiger partial charge in [0.25, 0.3) is 0 Å². The minimum Gasteiger partial charge on any atom is -0.319 e. The Kier molecular flexibility index (Phi) is 2.39. The summed E-state index contributed by atoms with van der Waals surface area (Å²) in [6.45, 7) is 10.3. The highest BCUT2D eigenvalue weighted by molar-refractivity contribution is 4.78. The quantitative estimate of drug-likeness (QED) is 0.505. The molecule has 0 N–H and O–H groups in total. The van der Waals surface area contributed by atoms with E-state index in [9.17, 15) is 0 Å². The Labute approximate surface area is 82.7 Å². The molecule has 0 bridgehead atoms. The molecular formula is C12H24N+. The average molecular weight is 182 g/mol. The van der Waals surface area contributed by atoms with Crippen LogP contribution in [0.4, 0.5) is 0 Å². The second-order valence-corrected chi connectivity index (χ2v) is 5.41. The minimum absolute atomic E-state index is 0.926. The molecule has 3 unspecified atom stereocenters. The van der Waals surface area contributed by atoms with E-state index in [0.29, 0.717) is 0 Å². The van der Waals surface area contributed by atoms with E-state index in [2.05, 4.69) is 20.8 Å². The van der Waals surface area contributed by atoms with Gasteiger partial charge in [-0.25, -0.2) is 0 Å². The first-order valence-electron chi connectivity index (χ1n) is 6.03. The summed E-state index contributed by atoms with van der Waals surface area (Å²) >= 11 is 0. The fourth-order valence-electron chi connectivity index (χ4n) is 3.80. The van der Waals surface area contributed by atoms with Crippen molar-refractivity contribution in [3.63, 3.8) is 0 Å². The molecule has 2 saturated heterocycles. The lowest BCUT2D eigenvalue weighted by Crippen LogP contribution is -2.58. The monoisotopic (exact) mass is 182 g/mol. The third kappa shape index (κ3) is 1.32. The van der Waals surface area contributed by atoms with Crippen molar-refractivity contribution in [1.29, 1.82) is 0 Å². The van der Waals surface area contributed by atoms with Crippen molar-refractivity contribution < 1.29 is 4.48 Å². The predicted octanol–water partition coefficient (Wildman–Crippen LogP) is 2.80. The van der Waals surface area contributed by atoms with E-state index in [-0.39, 0.29) is 0 Å². The summed E-state index contributed by atoms with van der Waals surface area (Å²) in [4.78, 5) is 0. The Morgan fingerprint density at radius 2 is 1.54 bits per heavy atom. The molecule has 2 aliphatic rings. The third-order valence-corrected chi connectivity index (χ3v) is 4.87. The van der Waals surface area contributed by atoms with Gasteiger partial charge in [0.15, 0.2) is 0 Å². The predicted molar refractivity (Wildman–Crippen MR) is 56.6 cm³/mol. The summed E-state index contributed by atoms with van der Waals surface area (Å²) < 4.78 is 1.46. The molecule has 13 heavy (non-hydrogen) atoms. The van der Waals surface area contributed by atoms with Crippen molar-refractivity contribution in [1.82, 2.24) is 0 Å². The van der Waals surface area contributed by atoms with Crippen LogP contribution < -0.4 is 0 Å². The molecule has 3 atom stereocenters. The van der Waals surface area contributed by atoms with Crippen molar-refractivity contribution in [3.05, 3.63) is 0 Å². The van der Waals surface area contributed by atoms with Gasteiger partial charge in [-0.15, -0.1) is 0 Å². The van der Waals surface area contributed by atoms with Gasteiger partial charge in [-0.2, -0.15) is 0 Å². The Balaban J connectivity index is 2.18. The van der Waals surface area contributed by atoms with Crippen molar-refractivity contribution in [2.45, 2.75) is 58.5 Å². The summed E-state index contributed by atoms with van der Waals surface area (Å²) in [6, 6.07) is 1.86. The summed E-state index contributed by atoms with van der Waals surface area (Å²) in [6.07, 6.45) is 5.89. The van der Waals surface area contributed by atoms with E-state index in [4.69, 9.17) is 0 Å². The Hall–Kier alpha value is -0.0400. The number of nitrogens with zero attached hydrogens (tertiary/aromatic N) is 1. The van der Waals surface area contributed by atoms with E-state index >= 15 is 0 Å². The van der Waals surface area contributed by atoms with Gasteiger partial charge >= 0.3 is 0 Å². The standard InChI is InChI=1S/C12H24N/c1-10-9-11(2)13(12(10)3)7-5-4-6-8-13/h10-12H,4-9H2,1-3H3/q+1. The number of hydrogen-bond acceptors (Lipinski definition) is 0. The molecule has 2 fully saturated rings. The molecule has 0 aromatic rings. The smallest absolute Gasteiger partial charge is 0.0891 e. The molecule has 1 nitrogen and oxygen atoms in total. The van der Waals surface area contributed by atoms with Crippen LogP contribution in [0.15, 0.2) is 0 Å². The number of rotatable bonds is 0. The molecule has 0 aromatic heterocycles. The van der Waals surface area contributed by atoms with Crippen LogP contribution in [0, 0.1) is 5.92 Å². The Morgan fingerprint density at radius 1 is 0.923 bits per heavy atom. The van der Waals surface area contributed by atoms with Crippen molar-refractivity contribution in [2.75, 3.05) is 13.1 Å². The highest BCUT2D eigenvalue weighted by Gasteiger charge is 2.48. The molecule has 2 heterocycles. The van der Waals surface area contributed by atoms with Crippen LogP contribution in [0.1, 0.15) is 46.5 Å². The maximum Gasteiger partial charge on any atom is 0.0891 e. The van der Waals surface area contributed by atoms with Crippen molar-refractivity contribution >= 4 is 0 Å². The zero-order chi connectivity index (χ0) is 9.47. The zero-order valence-electron chi connectivity index (χ0n) is 9.42. The van der Waals surface area contributed by atoms with Gasteiger partial charge in [0, 0.05) is 12.3 Å². The van der Waals surface area contributed by atoms with E-state index < -0.39 is 0 Å². The van der Waals surface area contributed by atoms with Crippen LogP contribution in [0.5, 0.6) is 0 Å². The molecule has 0 saturated carbocycles. The first kappa shape index (κ1) is 9.51. The summed E-state index contributed by atoms with van der Waals surface area (Å²) in [7, 11) is 0. The van der Waals surface area contributed by atoms with Gasteiger partial charge in [-0.05, 0) is 33.1 Å². The molecule has 2 rings (SSSR count). The van der Waals surface area contributed by atoms with Gasteiger partial charge in [0.2, 0.25) is 0 Å². The van der Waals surface area contributed by atoms with Crippen LogP contribution in [0.3, 0.4) is 0 Å². The largest absolute Gasteiger partial charge is 0.319 e. The fourth-order valence-corrected chi connectivity index (χ4v) is 3.80. The summed E-state index contributed by atoms with van der Waals surface area (Å²) in [5.74, 6) is 0.952.